The van der Waals surface area contributed by atoms with Gasteiger partial charge >= 0.3 is 0 Å². The minimum absolute atomic E-state index is 0.889. The molecular weight excluding hydrogens is 204 g/mol. The van der Waals surface area contributed by atoms with Crippen LogP contribution in [0.1, 0.15) is 39.0 Å². The summed E-state index contributed by atoms with van der Waals surface area (Å²) in [5.74, 6) is 0. The van der Waals surface area contributed by atoms with Crippen LogP contribution in [0, 0.1) is 0 Å². The van der Waals surface area contributed by atoms with E-state index in [4.69, 9.17) is 9.94 Å². The zero-order valence-electron chi connectivity index (χ0n) is 10.3. The van der Waals surface area contributed by atoms with Gasteiger partial charge in [-0.2, -0.15) is 0 Å². The van der Waals surface area contributed by atoms with Crippen LogP contribution in [0.2, 0.25) is 0 Å². The molecule has 16 heavy (non-hydrogen) atoms. The second-order valence-electron chi connectivity index (χ2n) is 4.33. The molecule has 1 heterocycles. The van der Waals surface area contributed by atoms with Crippen molar-refractivity contribution in [2.75, 3.05) is 32.8 Å². The standard InChI is InChI=1S/C12H24N2O2/c1-2-10-16-11-4-3-7-14-8-5-12(13-15)6-9-14/h15H,2-11H2,1H3. The van der Waals surface area contributed by atoms with Crippen LogP contribution >= 0.6 is 0 Å². The molecule has 0 aromatic carbocycles. The molecular formula is C12H24N2O2. The Morgan fingerprint density at radius 2 is 2.00 bits per heavy atom. The van der Waals surface area contributed by atoms with E-state index in [1.807, 2.05) is 0 Å². The maximum absolute atomic E-state index is 8.63. The quantitative estimate of drug-likeness (QED) is 0.412. The van der Waals surface area contributed by atoms with Gasteiger partial charge in [0.1, 0.15) is 0 Å². The summed E-state index contributed by atoms with van der Waals surface area (Å²) in [6.07, 6.45) is 5.30. The summed E-state index contributed by atoms with van der Waals surface area (Å²) in [6, 6.07) is 0. The number of nitrogens with zero attached hydrogens (tertiary/aromatic N) is 2. The molecule has 1 saturated heterocycles. The molecule has 4 nitrogen and oxygen atoms in total. The van der Waals surface area contributed by atoms with Crippen molar-refractivity contribution in [3.63, 3.8) is 0 Å². The van der Waals surface area contributed by atoms with Gasteiger partial charge in [0.05, 0.1) is 5.71 Å². The Hall–Kier alpha value is -0.610. The first-order chi connectivity index (χ1) is 7.86. The smallest absolute Gasteiger partial charge is 0.0596 e. The number of oxime groups is 1. The summed E-state index contributed by atoms with van der Waals surface area (Å²) in [6.45, 7) is 7.14. The third kappa shape index (κ3) is 5.47. The third-order valence-corrected chi connectivity index (χ3v) is 2.94. The van der Waals surface area contributed by atoms with Crippen LogP contribution in [0.5, 0.6) is 0 Å². The van der Waals surface area contributed by atoms with E-state index < -0.39 is 0 Å². The molecule has 0 saturated carbocycles. The number of piperidine rings is 1. The first-order valence-electron chi connectivity index (χ1n) is 6.36. The predicted octanol–water partition coefficient (Wildman–Crippen LogP) is 2.12. The highest BCUT2D eigenvalue weighted by Gasteiger charge is 2.14. The number of hydrogen-bond donors (Lipinski definition) is 1. The summed E-state index contributed by atoms with van der Waals surface area (Å²) in [5, 5.41) is 11.9. The highest BCUT2D eigenvalue weighted by molar-refractivity contribution is 5.84. The maximum Gasteiger partial charge on any atom is 0.0596 e. The highest BCUT2D eigenvalue weighted by Crippen LogP contribution is 2.08. The molecule has 0 radical (unpaired) electrons. The second-order valence-corrected chi connectivity index (χ2v) is 4.33. The Bertz CT molecular complexity index is 197. The van der Waals surface area contributed by atoms with E-state index in [1.54, 1.807) is 0 Å². The van der Waals surface area contributed by atoms with Crippen LogP contribution in [0.25, 0.3) is 0 Å². The highest BCUT2D eigenvalue weighted by atomic mass is 16.5. The average Bonchev–Trinajstić information content (AvgIpc) is 2.34. The molecule has 1 N–H and O–H groups in total. The fourth-order valence-corrected chi connectivity index (χ4v) is 1.92. The van der Waals surface area contributed by atoms with Crippen LogP contribution in [-0.2, 0) is 4.74 Å². The van der Waals surface area contributed by atoms with E-state index in [1.165, 1.54) is 6.42 Å². The van der Waals surface area contributed by atoms with Crippen LogP contribution in [0.4, 0.5) is 0 Å². The van der Waals surface area contributed by atoms with Crippen LogP contribution < -0.4 is 0 Å². The fraction of sp³-hybridized carbons (Fsp3) is 0.917. The van der Waals surface area contributed by atoms with Gasteiger partial charge in [0.15, 0.2) is 0 Å². The monoisotopic (exact) mass is 228 g/mol. The molecule has 0 spiro atoms. The van der Waals surface area contributed by atoms with E-state index in [0.717, 1.165) is 64.2 Å². The molecule has 1 fully saturated rings. The number of rotatable bonds is 7. The first kappa shape index (κ1) is 13.5. The fourth-order valence-electron chi connectivity index (χ4n) is 1.92. The summed E-state index contributed by atoms with van der Waals surface area (Å²) in [7, 11) is 0. The SMILES string of the molecule is CCCOCCCCN1CCC(=NO)CC1. The van der Waals surface area contributed by atoms with Gasteiger partial charge in [0.25, 0.3) is 0 Å². The Balaban J connectivity index is 1.94. The average molecular weight is 228 g/mol. The van der Waals surface area contributed by atoms with E-state index >= 15 is 0 Å². The number of ether oxygens (including phenoxy) is 1. The first-order valence-corrected chi connectivity index (χ1v) is 6.36. The molecule has 0 bridgehead atoms. The van der Waals surface area contributed by atoms with Crippen molar-refractivity contribution in [2.45, 2.75) is 39.0 Å². The molecule has 0 atom stereocenters. The number of unbranched alkanes of at least 4 members (excludes halogenated alkanes) is 1. The second kappa shape index (κ2) is 8.53. The minimum Gasteiger partial charge on any atom is -0.411 e. The van der Waals surface area contributed by atoms with Gasteiger partial charge in [-0.3, -0.25) is 0 Å². The van der Waals surface area contributed by atoms with Crippen molar-refractivity contribution >= 4 is 5.71 Å². The third-order valence-electron chi connectivity index (χ3n) is 2.94. The van der Waals surface area contributed by atoms with Gasteiger partial charge in [0, 0.05) is 39.1 Å². The van der Waals surface area contributed by atoms with Crippen LogP contribution in [-0.4, -0.2) is 48.7 Å². The Labute approximate surface area is 98.3 Å². The largest absolute Gasteiger partial charge is 0.411 e. The zero-order chi connectivity index (χ0) is 11.6. The lowest BCUT2D eigenvalue weighted by Gasteiger charge is -2.26. The molecule has 4 heteroatoms. The topological polar surface area (TPSA) is 45.1 Å². The van der Waals surface area contributed by atoms with Gasteiger partial charge in [-0.05, 0) is 25.8 Å². The summed E-state index contributed by atoms with van der Waals surface area (Å²) < 4.78 is 5.44. The molecule has 0 unspecified atom stereocenters. The molecule has 1 rings (SSSR count). The summed E-state index contributed by atoms with van der Waals surface area (Å²) in [5.41, 5.74) is 0.947. The Kier molecular flexibility index (Phi) is 7.17. The van der Waals surface area contributed by atoms with Crippen LogP contribution in [0.15, 0.2) is 5.16 Å². The van der Waals surface area contributed by atoms with Gasteiger partial charge < -0.3 is 14.8 Å². The van der Waals surface area contributed by atoms with Crippen molar-refractivity contribution in [3.05, 3.63) is 0 Å². The van der Waals surface area contributed by atoms with Gasteiger partial charge in [-0.25, -0.2) is 0 Å². The van der Waals surface area contributed by atoms with Gasteiger partial charge in [-0.1, -0.05) is 12.1 Å². The lowest BCUT2D eigenvalue weighted by Crippen LogP contribution is -2.34. The lowest BCUT2D eigenvalue weighted by molar-refractivity contribution is 0.127. The maximum atomic E-state index is 8.63. The molecule has 1 aliphatic rings. The van der Waals surface area contributed by atoms with Crippen molar-refractivity contribution in [2.24, 2.45) is 5.16 Å². The van der Waals surface area contributed by atoms with Gasteiger partial charge in [-0.15, -0.1) is 0 Å². The molecule has 0 aliphatic carbocycles. The van der Waals surface area contributed by atoms with E-state index in [-0.39, 0.29) is 0 Å². The van der Waals surface area contributed by atoms with Crippen molar-refractivity contribution in [3.8, 4) is 0 Å². The Morgan fingerprint density at radius 3 is 2.62 bits per heavy atom. The van der Waals surface area contributed by atoms with Crippen molar-refractivity contribution < 1.29 is 9.94 Å². The molecule has 0 aromatic heterocycles. The van der Waals surface area contributed by atoms with E-state index in [9.17, 15) is 0 Å². The number of hydrogen-bond acceptors (Lipinski definition) is 4. The predicted molar refractivity (Wildman–Crippen MR) is 65.2 cm³/mol. The lowest BCUT2D eigenvalue weighted by atomic mass is 10.1. The zero-order valence-corrected chi connectivity index (χ0v) is 10.3. The normalized spacial score (nSPS) is 17.7. The summed E-state index contributed by atoms with van der Waals surface area (Å²) >= 11 is 0. The van der Waals surface area contributed by atoms with Crippen molar-refractivity contribution in [1.29, 1.82) is 0 Å². The molecule has 0 amide bonds. The molecule has 94 valence electrons. The van der Waals surface area contributed by atoms with Crippen molar-refractivity contribution in [1.82, 2.24) is 4.90 Å². The van der Waals surface area contributed by atoms with E-state index in [0.29, 0.717) is 0 Å². The number of likely N-dealkylation sites (tertiary alicyclic amines) is 1. The van der Waals surface area contributed by atoms with Crippen LogP contribution in [0.3, 0.4) is 0 Å². The summed E-state index contributed by atoms with van der Waals surface area (Å²) in [4.78, 5) is 2.44. The molecule has 0 aromatic rings. The minimum atomic E-state index is 0.889. The van der Waals surface area contributed by atoms with Gasteiger partial charge in [0.2, 0.25) is 0 Å². The Morgan fingerprint density at radius 1 is 1.25 bits per heavy atom. The van der Waals surface area contributed by atoms with E-state index in [2.05, 4.69) is 17.0 Å². The molecule has 1 aliphatic heterocycles.